The molecule has 17 heavy (non-hydrogen) atoms. The van der Waals surface area contributed by atoms with Gasteiger partial charge in [-0.05, 0) is 40.3 Å². The quantitative estimate of drug-likeness (QED) is 0.765. The minimum Gasteiger partial charge on any atom is -0.313 e. The van der Waals surface area contributed by atoms with Crippen LogP contribution in [0.4, 0.5) is 0 Å². The summed E-state index contributed by atoms with van der Waals surface area (Å²) in [6.07, 6.45) is 2.48. The molecule has 3 unspecified atom stereocenters. The first-order valence-electron chi connectivity index (χ1n) is 7.27. The van der Waals surface area contributed by atoms with Crippen LogP contribution in [0, 0.1) is 0 Å². The molecule has 0 amide bonds. The van der Waals surface area contributed by atoms with Crippen molar-refractivity contribution in [3.05, 3.63) is 0 Å². The topological polar surface area (TPSA) is 18.5 Å². The Morgan fingerprint density at radius 2 is 1.94 bits per heavy atom. The third-order valence-corrected chi connectivity index (χ3v) is 4.30. The first kappa shape index (κ1) is 14.9. The van der Waals surface area contributed by atoms with Gasteiger partial charge in [-0.25, -0.2) is 0 Å². The molecule has 0 saturated carbocycles. The van der Waals surface area contributed by atoms with Crippen molar-refractivity contribution in [1.82, 2.24) is 15.1 Å². The minimum absolute atomic E-state index is 0.593. The number of piperazine rings is 1. The molecule has 1 saturated heterocycles. The molecule has 0 aliphatic carbocycles. The van der Waals surface area contributed by atoms with E-state index in [1.807, 2.05) is 0 Å². The standard InChI is InChI=1S/C14H31N3/c1-6-8-15-12(3)13(4)17-10-9-16(5)14(7-2)11-17/h12-15H,6-11H2,1-5H3. The normalized spacial score (nSPS) is 27.0. The highest BCUT2D eigenvalue weighted by Crippen LogP contribution is 2.15. The molecule has 3 nitrogen and oxygen atoms in total. The van der Waals surface area contributed by atoms with Crippen LogP contribution in [0.15, 0.2) is 0 Å². The van der Waals surface area contributed by atoms with Crippen molar-refractivity contribution >= 4 is 0 Å². The number of nitrogens with zero attached hydrogens (tertiary/aromatic N) is 2. The number of rotatable bonds is 6. The molecule has 0 radical (unpaired) electrons. The molecule has 0 aromatic carbocycles. The Labute approximate surface area is 108 Å². The Morgan fingerprint density at radius 3 is 2.53 bits per heavy atom. The zero-order valence-electron chi connectivity index (χ0n) is 12.4. The largest absolute Gasteiger partial charge is 0.313 e. The fourth-order valence-electron chi connectivity index (χ4n) is 2.64. The lowest BCUT2D eigenvalue weighted by molar-refractivity contribution is 0.0570. The van der Waals surface area contributed by atoms with Gasteiger partial charge in [0.1, 0.15) is 0 Å². The van der Waals surface area contributed by atoms with Crippen molar-refractivity contribution in [3.8, 4) is 0 Å². The molecule has 1 aliphatic heterocycles. The van der Waals surface area contributed by atoms with E-state index in [4.69, 9.17) is 0 Å². The van der Waals surface area contributed by atoms with Gasteiger partial charge in [-0.15, -0.1) is 0 Å². The second-order valence-corrected chi connectivity index (χ2v) is 5.52. The summed E-state index contributed by atoms with van der Waals surface area (Å²) >= 11 is 0. The Morgan fingerprint density at radius 1 is 1.24 bits per heavy atom. The molecule has 0 spiro atoms. The molecule has 1 N–H and O–H groups in total. The Bertz CT molecular complexity index is 208. The predicted molar refractivity (Wildman–Crippen MR) is 75.5 cm³/mol. The molecule has 1 aliphatic rings. The van der Waals surface area contributed by atoms with E-state index in [0.717, 1.165) is 12.6 Å². The maximum atomic E-state index is 3.62. The summed E-state index contributed by atoms with van der Waals surface area (Å²) in [7, 11) is 2.26. The zero-order valence-corrected chi connectivity index (χ0v) is 12.4. The van der Waals surface area contributed by atoms with Gasteiger partial charge in [-0.1, -0.05) is 13.8 Å². The second kappa shape index (κ2) is 7.34. The van der Waals surface area contributed by atoms with E-state index < -0.39 is 0 Å². The van der Waals surface area contributed by atoms with Gasteiger partial charge in [0.05, 0.1) is 0 Å². The summed E-state index contributed by atoms with van der Waals surface area (Å²) in [5.74, 6) is 0. The Balaban J connectivity index is 2.43. The number of likely N-dealkylation sites (N-methyl/N-ethyl adjacent to an activating group) is 1. The molecule has 102 valence electrons. The zero-order chi connectivity index (χ0) is 12.8. The highest BCUT2D eigenvalue weighted by Gasteiger charge is 2.27. The number of hydrogen-bond donors (Lipinski definition) is 1. The van der Waals surface area contributed by atoms with E-state index in [1.165, 1.54) is 32.5 Å². The third kappa shape index (κ3) is 4.23. The smallest absolute Gasteiger partial charge is 0.0219 e. The Kier molecular flexibility index (Phi) is 6.45. The summed E-state index contributed by atoms with van der Waals surface area (Å²) in [6.45, 7) is 14.0. The van der Waals surface area contributed by atoms with Gasteiger partial charge in [-0.3, -0.25) is 4.90 Å². The predicted octanol–water partition coefficient (Wildman–Crippen LogP) is 1.79. The van der Waals surface area contributed by atoms with Crippen LogP contribution >= 0.6 is 0 Å². The fourth-order valence-corrected chi connectivity index (χ4v) is 2.64. The monoisotopic (exact) mass is 241 g/mol. The van der Waals surface area contributed by atoms with E-state index in [0.29, 0.717) is 12.1 Å². The van der Waals surface area contributed by atoms with Crippen LogP contribution in [0.5, 0.6) is 0 Å². The maximum absolute atomic E-state index is 3.62. The minimum atomic E-state index is 0.593. The lowest BCUT2D eigenvalue weighted by atomic mass is 10.0. The fraction of sp³-hybridized carbons (Fsp3) is 1.00. The van der Waals surface area contributed by atoms with Crippen molar-refractivity contribution in [1.29, 1.82) is 0 Å². The summed E-state index contributed by atoms with van der Waals surface area (Å²) < 4.78 is 0. The van der Waals surface area contributed by atoms with Gasteiger partial charge in [0.15, 0.2) is 0 Å². The molecular weight excluding hydrogens is 210 g/mol. The van der Waals surface area contributed by atoms with E-state index in [1.54, 1.807) is 0 Å². The van der Waals surface area contributed by atoms with Gasteiger partial charge in [-0.2, -0.15) is 0 Å². The highest BCUT2D eigenvalue weighted by molar-refractivity contribution is 4.85. The number of nitrogens with one attached hydrogen (secondary N) is 1. The van der Waals surface area contributed by atoms with Crippen LogP contribution in [-0.4, -0.2) is 61.2 Å². The third-order valence-electron chi connectivity index (χ3n) is 4.30. The van der Waals surface area contributed by atoms with E-state index in [-0.39, 0.29) is 0 Å². The van der Waals surface area contributed by atoms with Crippen molar-refractivity contribution in [2.24, 2.45) is 0 Å². The molecule has 3 heteroatoms. The molecule has 3 atom stereocenters. The molecule has 1 heterocycles. The van der Waals surface area contributed by atoms with Gasteiger partial charge < -0.3 is 10.2 Å². The summed E-state index contributed by atoms with van der Waals surface area (Å²) in [4.78, 5) is 5.16. The maximum Gasteiger partial charge on any atom is 0.0219 e. The van der Waals surface area contributed by atoms with Gasteiger partial charge in [0.25, 0.3) is 0 Å². The van der Waals surface area contributed by atoms with E-state index in [9.17, 15) is 0 Å². The van der Waals surface area contributed by atoms with Crippen molar-refractivity contribution in [3.63, 3.8) is 0 Å². The lowest BCUT2D eigenvalue weighted by Gasteiger charge is -2.43. The van der Waals surface area contributed by atoms with Crippen LogP contribution in [-0.2, 0) is 0 Å². The first-order chi connectivity index (χ1) is 8.10. The summed E-state index contributed by atoms with van der Waals surface area (Å²) in [6, 6.07) is 1.98. The van der Waals surface area contributed by atoms with E-state index >= 15 is 0 Å². The van der Waals surface area contributed by atoms with Crippen LogP contribution in [0.3, 0.4) is 0 Å². The van der Waals surface area contributed by atoms with E-state index in [2.05, 4.69) is 49.9 Å². The van der Waals surface area contributed by atoms with Crippen molar-refractivity contribution in [2.45, 2.75) is 58.7 Å². The van der Waals surface area contributed by atoms with Gasteiger partial charge >= 0.3 is 0 Å². The van der Waals surface area contributed by atoms with Gasteiger partial charge in [0, 0.05) is 37.8 Å². The average molecular weight is 241 g/mol. The molecule has 0 aromatic heterocycles. The molecule has 0 aromatic rings. The van der Waals surface area contributed by atoms with Crippen LogP contribution in [0.1, 0.15) is 40.5 Å². The van der Waals surface area contributed by atoms with Crippen molar-refractivity contribution in [2.75, 3.05) is 33.2 Å². The van der Waals surface area contributed by atoms with Crippen LogP contribution in [0.25, 0.3) is 0 Å². The van der Waals surface area contributed by atoms with Crippen LogP contribution in [0.2, 0.25) is 0 Å². The van der Waals surface area contributed by atoms with Gasteiger partial charge in [0.2, 0.25) is 0 Å². The highest BCUT2D eigenvalue weighted by atomic mass is 15.3. The number of hydrogen-bond acceptors (Lipinski definition) is 3. The SMILES string of the molecule is CCCNC(C)C(C)N1CCN(C)C(CC)C1. The Hall–Kier alpha value is -0.120. The molecule has 1 rings (SSSR count). The molecule has 0 bridgehead atoms. The van der Waals surface area contributed by atoms with Crippen molar-refractivity contribution < 1.29 is 0 Å². The summed E-state index contributed by atoms with van der Waals surface area (Å²) in [5, 5.41) is 3.62. The molecule has 1 fully saturated rings. The summed E-state index contributed by atoms with van der Waals surface area (Å²) in [5.41, 5.74) is 0. The average Bonchev–Trinajstić information content (AvgIpc) is 2.35. The second-order valence-electron chi connectivity index (χ2n) is 5.52. The first-order valence-corrected chi connectivity index (χ1v) is 7.27. The molecular formula is C14H31N3. The lowest BCUT2D eigenvalue weighted by Crippen LogP contribution is -2.57. The van der Waals surface area contributed by atoms with Crippen LogP contribution < -0.4 is 5.32 Å².